The van der Waals surface area contributed by atoms with Crippen molar-refractivity contribution in [1.29, 1.82) is 0 Å². The SMILES string of the molecule is CNC(=O)C(NC(=O)C1(c2ccc(OC)cc2)CC1)c1cccc(OC)c1O. The molecule has 2 aromatic carbocycles. The van der Waals surface area contributed by atoms with E-state index in [2.05, 4.69) is 10.6 Å². The average Bonchev–Trinajstić information content (AvgIpc) is 3.54. The van der Waals surface area contributed by atoms with Crippen molar-refractivity contribution in [2.24, 2.45) is 0 Å². The summed E-state index contributed by atoms with van der Waals surface area (Å²) in [4.78, 5) is 25.6. The molecule has 0 saturated heterocycles. The minimum Gasteiger partial charge on any atom is -0.504 e. The first kappa shape index (κ1) is 19.5. The van der Waals surface area contributed by atoms with Crippen LogP contribution in [0.15, 0.2) is 42.5 Å². The van der Waals surface area contributed by atoms with Crippen LogP contribution in [-0.2, 0) is 15.0 Å². The predicted octanol–water partition coefficient (Wildman–Crippen LogP) is 2.04. The first-order chi connectivity index (χ1) is 13.5. The molecule has 2 amide bonds. The van der Waals surface area contributed by atoms with Gasteiger partial charge in [0.2, 0.25) is 11.8 Å². The molecule has 0 aromatic heterocycles. The lowest BCUT2D eigenvalue weighted by Crippen LogP contribution is -2.43. The predicted molar refractivity (Wildman–Crippen MR) is 104 cm³/mol. The molecule has 2 aromatic rings. The zero-order valence-corrected chi connectivity index (χ0v) is 16.1. The molecule has 7 nitrogen and oxygen atoms in total. The van der Waals surface area contributed by atoms with Crippen LogP contribution in [0, 0.1) is 0 Å². The number of ether oxygens (including phenoxy) is 2. The van der Waals surface area contributed by atoms with Gasteiger partial charge in [0.1, 0.15) is 11.8 Å². The molecular weight excluding hydrogens is 360 g/mol. The van der Waals surface area contributed by atoms with Crippen molar-refractivity contribution in [1.82, 2.24) is 10.6 Å². The van der Waals surface area contributed by atoms with Crippen molar-refractivity contribution in [2.75, 3.05) is 21.3 Å². The van der Waals surface area contributed by atoms with Crippen molar-refractivity contribution in [3.8, 4) is 17.2 Å². The smallest absolute Gasteiger partial charge is 0.247 e. The highest BCUT2D eigenvalue weighted by Gasteiger charge is 2.52. The van der Waals surface area contributed by atoms with Gasteiger partial charge >= 0.3 is 0 Å². The third-order valence-electron chi connectivity index (χ3n) is 5.17. The summed E-state index contributed by atoms with van der Waals surface area (Å²) in [6.07, 6.45) is 1.38. The highest BCUT2D eigenvalue weighted by atomic mass is 16.5. The number of rotatable bonds is 7. The third-order valence-corrected chi connectivity index (χ3v) is 5.17. The summed E-state index contributed by atoms with van der Waals surface area (Å²) in [5, 5.41) is 15.8. The maximum Gasteiger partial charge on any atom is 0.247 e. The van der Waals surface area contributed by atoms with Gasteiger partial charge in [0.15, 0.2) is 11.5 Å². The van der Waals surface area contributed by atoms with Crippen LogP contribution in [-0.4, -0.2) is 38.2 Å². The molecule has 28 heavy (non-hydrogen) atoms. The Kier molecular flexibility index (Phi) is 5.44. The van der Waals surface area contributed by atoms with Gasteiger partial charge < -0.3 is 25.2 Å². The first-order valence-electron chi connectivity index (χ1n) is 9.00. The van der Waals surface area contributed by atoms with Gasteiger partial charge in [-0.2, -0.15) is 0 Å². The zero-order chi connectivity index (χ0) is 20.3. The van der Waals surface area contributed by atoms with E-state index in [1.165, 1.54) is 14.2 Å². The number of methoxy groups -OCH3 is 2. The van der Waals surface area contributed by atoms with Gasteiger partial charge in [0.25, 0.3) is 0 Å². The Bertz CT molecular complexity index is 875. The molecule has 1 fully saturated rings. The number of hydrogen-bond donors (Lipinski definition) is 3. The fourth-order valence-corrected chi connectivity index (χ4v) is 3.32. The molecule has 3 N–H and O–H groups in total. The van der Waals surface area contributed by atoms with Crippen molar-refractivity contribution < 1.29 is 24.2 Å². The van der Waals surface area contributed by atoms with Gasteiger partial charge in [-0.1, -0.05) is 24.3 Å². The molecule has 3 rings (SSSR count). The number of amides is 2. The number of phenols is 1. The average molecular weight is 384 g/mol. The number of hydrogen-bond acceptors (Lipinski definition) is 5. The van der Waals surface area contributed by atoms with Crippen LogP contribution >= 0.6 is 0 Å². The number of benzene rings is 2. The minimum absolute atomic E-state index is 0.173. The van der Waals surface area contributed by atoms with Crippen molar-refractivity contribution >= 4 is 11.8 Å². The summed E-state index contributed by atoms with van der Waals surface area (Å²) >= 11 is 0. The largest absolute Gasteiger partial charge is 0.504 e. The molecule has 0 radical (unpaired) electrons. The van der Waals surface area contributed by atoms with E-state index in [0.717, 1.165) is 5.56 Å². The molecule has 1 aliphatic rings. The molecule has 7 heteroatoms. The standard InChI is InChI=1S/C21H24N2O5/c1-22-19(25)17(15-5-4-6-16(28-3)18(15)24)23-20(26)21(11-12-21)13-7-9-14(27-2)10-8-13/h4-10,17,24H,11-12H2,1-3H3,(H,22,25)(H,23,26). The van der Waals surface area contributed by atoms with Crippen LogP contribution in [0.1, 0.15) is 30.0 Å². The quantitative estimate of drug-likeness (QED) is 0.679. The van der Waals surface area contributed by atoms with Crippen LogP contribution < -0.4 is 20.1 Å². The summed E-state index contributed by atoms with van der Waals surface area (Å²) in [6.45, 7) is 0. The molecule has 148 valence electrons. The Labute approximate surface area is 163 Å². The highest BCUT2D eigenvalue weighted by molar-refractivity contribution is 5.96. The van der Waals surface area contributed by atoms with Crippen molar-refractivity contribution in [3.63, 3.8) is 0 Å². The number of phenolic OH excluding ortho intramolecular Hbond substituents is 1. The molecule has 0 bridgehead atoms. The fraction of sp³-hybridized carbons (Fsp3) is 0.333. The molecule has 0 spiro atoms. The number of carbonyl (C=O) groups is 2. The second kappa shape index (κ2) is 7.80. The van der Waals surface area contributed by atoms with Gasteiger partial charge in [-0.15, -0.1) is 0 Å². The monoisotopic (exact) mass is 384 g/mol. The van der Waals surface area contributed by atoms with E-state index in [-0.39, 0.29) is 23.0 Å². The van der Waals surface area contributed by atoms with Gasteiger partial charge in [0.05, 0.1) is 19.6 Å². The maximum absolute atomic E-state index is 13.1. The molecule has 1 atom stereocenters. The number of aromatic hydroxyl groups is 1. The number of para-hydroxylation sites is 1. The van der Waals surface area contributed by atoms with Gasteiger partial charge in [-0.3, -0.25) is 9.59 Å². The van der Waals surface area contributed by atoms with E-state index >= 15 is 0 Å². The number of nitrogens with one attached hydrogen (secondary N) is 2. The molecule has 1 aliphatic carbocycles. The summed E-state index contributed by atoms with van der Waals surface area (Å²) in [5.41, 5.74) is 0.474. The lowest BCUT2D eigenvalue weighted by Gasteiger charge is -2.23. The van der Waals surface area contributed by atoms with Gasteiger partial charge in [-0.05, 0) is 36.6 Å². The summed E-state index contributed by atoms with van der Waals surface area (Å²) < 4.78 is 10.3. The zero-order valence-electron chi connectivity index (χ0n) is 16.1. The molecular formula is C21H24N2O5. The van der Waals surface area contributed by atoms with Crippen molar-refractivity contribution in [2.45, 2.75) is 24.3 Å². The van der Waals surface area contributed by atoms with E-state index in [9.17, 15) is 14.7 Å². The van der Waals surface area contributed by atoms with E-state index < -0.39 is 17.4 Å². The second-order valence-electron chi connectivity index (χ2n) is 6.73. The van der Waals surface area contributed by atoms with E-state index in [1.807, 2.05) is 24.3 Å². The van der Waals surface area contributed by atoms with E-state index in [1.54, 1.807) is 25.3 Å². The first-order valence-corrected chi connectivity index (χ1v) is 9.00. The molecule has 1 unspecified atom stereocenters. The normalized spacial score (nSPS) is 15.2. The maximum atomic E-state index is 13.1. The van der Waals surface area contributed by atoms with Gasteiger partial charge in [0, 0.05) is 12.6 Å². The number of carbonyl (C=O) groups excluding carboxylic acids is 2. The lowest BCUT2D eigenvalue weighted by atomic mass is 9.93. The van der Waals surface area contributed by atoms with E-state index in [0.29, 0.717) is 18.6 Å². The Hall–Kier alpha value is -3.22. The molecule has 0 heterocycles. The van der Waals surface area contributed by atoms with Crippen LogP contribution in [0.4, 0.5) is 0 Å². The second-order valence-corrected chi connectivity index (χ2v) is 6.73. The lowest BCUT2D eigenvalue weighted by molar-refractivity contribution is -0.130. The molecule has 1 saturated carbocycles. The van der Waals surface area contributed by atoms with E-state index in [4.69, 9.17) is 9.47 Å². The summed E-state index contributed by atoms with van der Waals surface area (Å²) in [6, 6.07) is 11.1. The Morgan fingerprint density at radius 2 is 1.75 bits per heavy atom. The van der Waals surface area contributed by atoms with Crippen LogP contribution in [0.2, 0.25) is 0 Å². The third kappa shape index (κ3) is 3.47. The van der Waals surface area contributed by atoms with Crippen molar-refractivity contribution in [3.05, 3.63) is 53.6 Å². The molecule has 0 aliphatic heterocycles. The van der Waals surface area contributed by atoms with Crippen LogP contribution in [0.25, 0.3) is 0 Å². The van der Waals surface area contributed by atoms with Crippen LogP contribution in [0.3, 0.4) is 0 Å². The Morgan fingerprint density at radius 3 is 2.29 bits per heavy atom. The summed E-state index contributed by atoms with van der Waals surface area (Å²) in [7, 11) is 4.49. The van der Waals surface area contributed by atoms with Crippen LogP contribution in [0.5, 0.6) is 17.2 Å². The topological polar surface area (TPSA) is 96.9 Å². The Morgan fingerprint density at radius 1 is 1.07 bits per heavy atom. The van der Waals surface area contributed by atoms with Gasteiger partial charge in [-0.25, -0.2) is 0 Å². The fourth-order valence-electron chi connectivity index (χ4n) is 3.32. The minimum atomic E-state index is -1.04. The number of likely N-dealkylation sites (N-methyl/N-ethyl adjacent to an activating group) is 1. The highest BCUT2D eigenvalue weighted by Crippen LogP contribution is 2.49. The Balaban J connectivity index is 1.89. The summed E-state index contributed by atoms with van der Waals surface area (Å²) in [5.74, 6) is 0.0885.